The van der Waals surface area contributed by atoms with Crippen molar-refractivity contribution in [3.63, 3.8) is 0 Å². The Morgan fingerprint density at radius 3 is 1.93 bits per heavy atom. The van der Waals surface area contributed by atoms with E-state index in [0.717, 1.165) is 44.4 Å². The standard InChI is InChI=1S/C46H83O13P/c1-4-5-20-26-38(48)30-31-42-41(43(50)32-44(42)51)27-22-18-19-24-29-46(53)59-40(36-58-60(54,55)57-34-39(49)33-47)35-56-45(52)28-23-17-15-13-11-9-7-6-8-10-12-14-16-21-25-37(2)3/h18,22,30-31,37-43,47-50H,4-17,19-21,23-29,32-36H2,1-3H3,(H,54,55)/b22-18-,31-30+/t38-,39-,40+,41+,42+,43-/m0/s1. The summed E-state index contributed by atoms with van der Waals surface area (Å²) in [5, 5.41) is 39.1. The topological polar surface area (TPSA) is 206 Å². The molecular weight excluding hydrogens is 791 g/mol. The summed E-state index contributed by atoms with van der Waals surface area (Å²) in [4.78, 5) is 47.8. The van der Waals surface area contributed by atoms with Gasteiger partial charge in [0, 0.05) is 31.1 Å². The maximum Gasteiger partial charge on any atom is 0.472 e. The fourth-order valence-corrected chi connectivity index (χ4v) is 8.01. The van der Waals surface area contributed by atoms with E-state index < -0.39 is 76.5 Å². The molecule has 0 aromatic carbocycles. The number of phosphoric ester groups is 1. The molecule has 1 aliphatic rings. The van der Waals surface area contributed by atoms with Gasteiger partial charge in [-0.1, -0.05) is 154 Å². The molecule has 350 valence electrons. The zero-order valence-corrected chi connectivity index (χ0v) is 38.2. The third-order valence-electron chi connectivity index (χ3n) is 10.9. The number of allylic oxidation sites excluding steroid dienone is 3. The van der Waals surface area contributed by atoms with Gasteiger partial charge < -0.3 is 34.8 Å². The van der Waals surface area contributed by atoms with E-state index in [-0.39, 0.29) is 31.0 Å². The number of unbranched alkanes of at least 4 members (excludes halogenated alkanes) is 16. The van der Waals surface area contributed by atoms with Crippen molar-refractivity contribution < 1.29 is 62.8 Å². The van der Waals surface area contributed by atoms with Crippen molar-refractivity contribution in [2.24, 2.45) is 17.8 Å². The fraction of sp³-hybridized carbons (Fsp3) is 0.848. The minimum atomic E-state index is -4.69. The number of ketones is 1. The Morgan fingerprint density at radius 1 is 0.767 bits per heavy atom. The smallest absolute Gasteiger partial charge is 0.462 e. The number of rotatable bonds is 39. The molecule has 1 rings (SSSR count). The molecular formula is C46H83O13P. The molecule has 0 aliphatic heterocycles. The van der Waals surface area contributed by atoms with Gasteiger partial charge in [0.2, 0.25) is 0 Å². The number of esters is 2. The number of hydrogen-bond donors (Lipinski definition) is 5. The summed E-state index contributed by atoms with van der Waals surface area (Å²) in [6.07, 6.45) is 26.5. The van der Waals surface area contributed by atoms with Crippen LogP contribution < -0.4 is 0 Å². The van der Waals surface area contributed by atoms with Crippen molar-refractivity contribution in [2.75, 3.05) is 26.4 Å². The highest BCUT2D eigenvalue weighted by Gasteiger charge is 2.39. The summed E-state index contributed by atoms with van der Waals surface area (Å²) >= 11 is 0. The molecule has 0 saturated heterocycles. The van der Waals surface area contributed by atoms with Crippen molar-refractivity contribution in [2.45, 2.75) is 206 Å². The molecule has 60 heavy (non-hydrogen) atoms. The number of Topliss-reactive ketones (excluding diaryl/α,β-unsaturated/α-hetero) is 1. The van der Waals surface area contributed by atoms with Gasteiger partial charge in [-0.2, -0.15) is 0 Å². The Morgan fingerprint density at radius 2 is 1.33 bits per heavy atom. The zero-order valence-electron chi connectivity index (χ0n) is 37.3. The van der Waals surface area contributed by atoms with E-state index in [1.807, 2.05) is 12.2 Å². The Balaban J connectivity index is 2.43. The van der Waals surface area contributed by atoms with Gasteiger partial charge >= 0.3 is 19.8 Å². The SMILES string of the molecule is CCCCC[C@H](O)/C=C/[C@H]1C(=O)C[C@H](O)[C@@H]1C/C=C\CCCC(=O)O[C@H](COC(=O)CCCCCCCCCCCCCCCCC(C)C)COP(=O)(O)OC[C@@H](O)CO. The minimum Gasteiger partial charge on any atom is -0.462 e. The summed E-state index contributed by atoms with van der Waals surface area (Å²) in [7, 11) is -4.69. The molecule has 0 amide bonds. The second-order valence-electron chi connectivity index (χ2n) is 17.0. The van der Waals surface area contributed by atoms with E-state index in [0.29, 0.717) is 32.1 Å². The predicted octanol–water partition coefficient (Wildman–Crippen LogP) is 9.01. The lowest BCUT2D eigenvalue weighted by Gasteiger charge is -2.20. The summed E-state index contributed by atoms with van der Waals surface area (Å²) in [6, 6.07) is 0. The van der Waals surface area contributed by atoms with Crippen LogP contribution in [0.5, 0.6) is 0 Å². The second kappa shape index (κ2) is 35.5. The fourth-order valence-electron chi connectivity index (χ4n) is 7.22. The van der Waals surface area contributed by atoms with Crippen molar-refractivity contribution in [3.05, 3.63) is 24.3 Å². The number of ether oxygens (including phenoxy) is 2. The van der Waals surface area contributed by atoms with Crippen LogP contribution >= 0.6 is 7.82 Å². The first-order chi connectivity index (χ1) is 28.8. The Kier molecular flexibility index (Phi) is 33.2. The normalized spacial score (nSPS) is 19.6. The lowest BCUT2D eigenvalue weighted by atomic mass is 9.90. The summed E-state index contributed by atoms with van der Waals surface area (Å²) in [6.45, 7) is 4.31. The van der Waals surface area contributed by atoms with Gasteiger partial charge in [0.25, 0.3) is 0 Å². The summed E-state index contributed by atoms with van der Waals surface area (Å²) in [5.74, 6) is -1.12. The molecule has 1 saturated carbocycles. The molecule has 0 bridgehead atoms. The maximum absolute atomic E-state index is 12.7. The van der Waals surface area contributed by atoms with Gasteiger partial charge in [0.1, 0.15) is 18.5 Å². The lowest BCUT2D eigenvalue weighted by Crippen LogP contribution is -2.29. The first-order valence-corrected chi connectivity index (χ1v) is 24.7. The highest BCUT2D eigenvalue weighted by Crippen LogP contribution is 2.43. The second-order valence-corrected chi connectivity index (χ2v) is 18.5. The molecule has 1 unspecified atom stereocenters. The van der Waals surface area contributed by atoms with Crippen molar-refractivity contribution in [1.82, 2.24) is 0 Å². The first kappa shape index (κ1) is 56.1. The molecule has 14 heteroatoms. The van der Waals surface area contributed by atoms with Gasteiger partial charge in [0.05, 0.1) is 32.0 Å². The lowest BCUT2D eigenvalue weighted by molar-refractivity contribution is -0.161. The average molecular weight is 875 g/mol. The third kappa shape index (κ3) is 30.1. The number of carbonyl (C=O) groups excluding carboxylic acids is 3. The molecule has 0 aromatic heterocycles. The van der Waals surface area contributed by atoms with Crippen LogP contribution in [-0.4, -0.2) is 93.9 Å². The molecule has 1 aliphatic carbocycles. The average Bonchev–Trinajstić information content (AvgIpc) is 3.48. The third-order valence-corrected chi connectivity index (χ3v) is 11.9. The van der Waals surface area contributed by atoms with Crippen LogP contribution in [0.3, 0.4) is 0 Å². The van der Waals surface area contributed by atoms with Crippen molar-refractivity contribution in [3.8, 4) is 0 Å². The van der Waals surface area contributed by atoms with Crippen LogP contribution in [0.15, 0.2) is 24.3 Å². The molecule has 0 aromatic rings. The number of phosphoric acid groups is 1. The monoisotopic (exact) mass is 875 g/mol. The van der Waals surface area contributed by atoms with Crippen LogP contribution in [0.1, 0.15) is 181 Å². The van der Waals surface area contributed by atoms with E-state index in [1.165, 1.54) is 70.6 Å². The Labute approximate surface area is 361 Å². The molecule has 13 nitrogen and oxygen atoms in total. The summed E-state index contributed by atoms with van der Waals surface area (Å²) in [5.41, 5.74) is 0. The van der Waals surface area contributed by atoms with Crippen LogP contribution in [0.25, 0.3) is 0 Å². The number of aliphatic hydroxyl groups excluding tert-OH is 4. The molecule has 7 atom stereocenters. The van der Waals surface area contributed by atoms with Gasteiger partial charge in [-0.25, -0.2) is 4.57 Å². The van der Waals surface area contributed by atoms with Gasteiger partial charge in [0.15, 0.2) is 6.10 Å². The highest BCUT2D eigenvalue weighted by atomic mass is 31.2. The van der Waals surface area contributed by atoms with Crippen molar-refractivity contribution in [1.29, 1.82) is 0 Å². The van der Waals surface area contributed by atoms with Crippen LogP contribution in [-0.2, 0) is 37.5 Å². The molecule has 0 heterocycles. The number of aliphatic hydroxyl groups is 4. The van der Waals surface area contributed by atoms with Gasteiger partial charge in [-0.3, -0.25) is 23.4 Å². The zero-order chi connectivity index (χ0) is 44.4. The molecule has 0 spiro atoms. The van der Waals surface area contributed by atoms with E-state index in [4.69, 9.17) is 19.1 Å². The molecule has 5 N–H and O–H groups in total. The Bertz CT molecular complexity index is 1220. The summed E-state index contributed by atoms with van der Waals surface area (Å²) < 4.78 is 32.7. The van der Waals surface area contributed by atoms with Gasteiger partial charge in [-0.05, 0) is 38.0 Å². The van der Waals surface area contributed by atoms with E-state index in [2.05, 4.69) is 25.3 Å². The first-order valence-electron chi connectivity index (χ1n) is 23.3. The molecule has 1 fully saturated rings. The van der Waals surface area contributed by atoms with Crippen LogP contribution in [0, 0.1) is 17.8 Å². The predicted molar refractivity (Wildman–Crippen MR) is 234 cm³/mol. The maximum atomic E-state index is 12.7. The van der Waals surface area contributed by atoms with Gasteiger partial charge in [-0.15, -0.1) is 0 Å². The molecule has 0 radical (unpaired) electrons. The Hall–Kier alpha value is -1.96. The van der Waals surface area contributed by atoms with E-state index >= 15 is 0 Å². The van der Waals surface area contributed by atoms with Crippen LogP contribution in [0.4, 0.5) is 0 Å². The number of hydrogen-bond acceptors (Lipinski definition) is 12. The quantitative estimate of drug-likeness (QED) is 0.0169. The van der Waals surface area contributed by atoms with E-state index in [9.17, 15) is 39.2 Å². The largest absolute Gasteiger partial charge is 0.472 e. The van der Waals surface area contributed by atoms with Crippen molar-refractivity contribution >= 4 is 25.5 Å². The van der Waals surface area contributed by atoms with Crippen LogP contribution in [0.2, 0.25) is 0 Å². The highest BCUT2D eigenvalue weighted by molar-refractivity contribution is 7.47. The van der Waals surface area contributed by atoms with E-state index in [1.54, 1.807) is 12.2 Å². The number of carbonyl (C=O) groups is 3. The minimum absolute atomic E-state index is 0.00470.